The summed E-state index contributed by atoms with van der Waals surface area (Å²) in [4.78, 5) is 12.5. The van der Waals surface area contributed by atoms with Crippen molar-refractivity contribution >= 4 is 23.4 Å². The van der Waals surface area contributed by atoms with Gasteiger partial charge in [0.2, 0.25) is 0 Å². The summed E-state index contributed by atoms with van der Waals surface area (Å²) in [6.07, 6.45) is 5.06. The van der Waals surface area contributed by atoms with Gasteiger partial charge in [0.1, 0.15) is 0 Å². The van der Waals surface area contributed by atoms with E-state index in [1.54, 1.807) is 0 Å². The third-order valence-corrected chi connectivity index (χ3v) is 6.04. The van der Waals surface area contributed by atoms with E-state index < -0.39 is 0 Å². The molecule has 1 aliphatic rings. The molecule has 0 aliphatic heterocycles. The molecule has 1 aliphatic carbocycles. The fourth-order valence-corrected chi connectivity index (χ4v) is 4.17. The molecule has 2 aromatic rings. The van der Waals surface area contributed by atoms with E-state index in [1.165, 1.54) is 25.7 Å². The minimum atomic E-state index is 0.0761. The van der Waals surface area contributed by atoms with E-state index in [0.717, 1.165) is 29.3 Å². The van der Waals surface area contributed by atoms with Gasteiger partial charge in [-0.2, -0.15) is 0 Å². The van der Waals surface area contributed by atoms with Crippen LogP contribution in [0, 0.1) is 5.92 Å². The predicted octanol–water partition coefficient (Wildman–Crippen LogP) is 5.53. The number of benzene rings is 2. The van der Waals surface area contributed by atoms with Crippen LogP contribution >= 0.6 is 11.9 Å². The molecule has 1 saturated carbocycles. The van der Waals surface area contributed by atoms with Crippen molar-refractivity contribution in [3.05, 3.63) is 65.7 Å². The van der Waals surface area contributed by atoms with Crippen molar-refractivity contribution < 1.29 is 4.79 Å². The first-order valence-electron chi connectivity index (χ1n) is 9.96. The van der Waals surface area contributed by atoms with E-state index >= 15 is 0 Å². The van der Waals surface area contributed by atoms with Crippen LogP contribution in [0.15, 0.2) is 54.6 Å². The zero-order valence-electron chi connectivity index (χ0n) is 16.3. The summed E-state index contributed by atoms with van der Waals surface area (Å²) in [5, 5.41) is 4.19. The van der Waals surface area contributed by atoms with E-state index in [2.05, 4.69) is 23.9 Å². The molecule has 0 aromatic heterocycles. The minimum Gasteiger partial charge on any atom is -0.385 e. The maximum atomic E-state index is 12.5. The summed E-state index contributed by atoms with van der Waals surface area (Å²) in [7, 11) is 0. The lowest BCUT2D eigenvalue weighted by atomic mass is 9.86. The lowest BCUT2D eigenvalue weighted by Crippen LogP contribution is -2.31. The Bertz CT molecular complexity index is 707. The highest BCUT2D eigenvalue weighted by Gasteiger charge is 2.21. The maximum absolute atomic E-state index is 12.5. The third kappa shape index (κ3) is 6.12. The van der Waals surface area contributed by atoms with Gasteiger partial charge in [0.15, 0.2) is 5.78 Å². The van der Waals surface area contributed by atoms with Gasteiger partial charge >= 0.3 is 0 Å². The van der Waals surface area contributed by atoms with E-state index in [9.17, 15) is 4.79 Å². The first-order valence-corrected chi connectivity index (χ1v) is 10.8. The Morgan fingerprint density at radius 3 is 2.22 bits per heavy atom. The Morgan fingerprint density at radius 1 is 0.963 bits per heavy atom. The molecule has 0 amide bonds. The Kier molecular flexibility index (Phi) is 7.36. The number of ketones is 1. The minimum absolute atomic E-state index is 0.0761. The number of hydrogen-bond acceptors (Lipinski definition) is 4. The highest BCUT2D eigenvalue weighted by atomic mass is 32.2. The van der Waals surface area contributed by atoms with Crippen LogP contribution in [0.3, 0.4) is 0 Å². The number of carbonyl (C=O) groups excluding carboxylic acids is 1. The SMILES string of the molecule is CC(C)SNC1CCC(CNc2ccc(C(=O)c3ccccc3)cc2)CC1. The Hall–Kier alpha value is -1.78. The summed E-state index contributed by atoms with van der Waals surface area (Å²) in [6, 6.07) is 18.0. The zero-order chi connectivity index (χ0) is 19.1. The molecule has 0 spiro atoms. The number of hydrogen-bond donors (Lipinski definition) is 2. The van der Waals surface area contributed by atoms with Gasteiger partial charge in [-0.15, -0.1) is 0 Å². The number of rotatable bonds is 8. The second kappa shape index (κ2) is 9.95. The first kappa shape index (κ1) is 20.0. The van der Waals surface area contributed by atoms with Crippen molar-refractivity contribution in [2.75, 3.05) is 11.9 Å². The summed E-state index contributed by atoms with van der Waals surface area (Å²) in [5.41, 5.74) is 2.57. The molecule has 4 heteroatoms. The molecular formula is C23H30N2OS. The zero-order valence-corrected chi connectivity index (χ0v) is 17.1. The lowest BCUT2D eigenvalue weighted by Gasteiger charge is -2.29. The fraction of sp³-hybridized carbons (Fsp3) is 0.435. The number of nitrogens with one attached hydrogen (secondary N) is 2. The van der Waals surface area contributed by atoms with Gasteiger partial charge in [-0.25, -0.2) is 0 Å². The van der Waals surface area contributed by atoms with Crippen LogP contribution in [0.25, 0.3) is 0 Å². The average Bonchev–Trinajstić information content (AvgIpc) is 2.72. The molecule has 0 saturated heterocycles. The molecule has 27 heavy (non-hydrogen) atoms. The van der Waals surface area contributed by atoms with Crippen molar-refractivity contribution in [1.29, 1.82) is 0 Å². The molecule has 144 valence electrons. The highest BCUT2D eigenvalue weighted by Crippen LogP contribution is 2.26. The second-order valence-electron chi connectivity index (χ2n) is 7.66. The summed E-state index contributed by atoms with van der Waals surface area (Å²) in [6.45, 7) is 5.47. The van der Waals surface area contributed by atoms with Crippen LogP contribution in [0.1, 0.15) is 55.5 Å². The molecule has 0 radical (unpaired) electrons. The topological polar surface area (TPSA) is 41.1 Å². The third-order valence-electron chi connectivity index (χ3n) is 5.10. The lowest BCUT2D eigenvalue weighted by molar-refractivity contribution is 0.103. The van der Waals surface area contributed by atoms with Crippen LogP contribution in [-0.4, -0.2) is 23.6 Å². The van der Waals surface area contributed by atoms with Crippen LogP contribution in [0.4, 0.5) is 5.69 Å². The monoisotopic (exact) mass is 382 g/mol. The summed E-state index contributed by atoms with van der Waals surface area (Å²) in [5.74, 6) is 0.810. The van der Waals surface area contributed by atoms with Crippen LogP contribution in [-0.2, 0) is 0 Å². The van der Waals surface area contributed by atoms with Crippen LogP contribution in [0.5, 0.6) is 0 Å². The van der Waals surface area contributed by atoms with Crippen molar-refractivity contribution in [1.82, 2.24) is 4.72 Å². The van der Waals surface area contributed by atoms with Gasteiger partial charge in [0.25, 0.3) is 0 Å². The molecular weight excluding hydrogens is 352 g/mol. The van der Waals surface area contributed by atoms with Gasteiger partial charge in [0.05, 0.1) is 0 Å². The van der Waals surface area contributed by atoms with Crippen LogP contribution < -0.4 is 10.0 Å². The summed E-state index contributed by atoms with van der Waals surface area (Å²) >= 11 is 1.86. The van der Waals surface area contributed by atoms with Crippen molar-refractivity contribution in [3.63, 3.8) is 0 Å². The molecule has 3 nitrogen and oxygen atoms in total. The number of anilines is 1. The average molecular weight is 383 g/mol. The van der Waals surface area contributed by atoms with E-state index in [1.807, 2.05) is 66.5 Å². The normalized spacial score (nSPS) is 19.8. The maximum Gasteiger partial charge on any atom is 0.193 e. The molecule has 3 rings (SSSR count). The van der Waals surface area contributed by atoms with Gasteiger partial charge < -0.3 is 5.32 Å². The van der Waals surface area contributed by atoms with Gasteiger partial charge in [-0.3, -0.25) is 9.52 Å². The van der Waals surface area contributed by atoms with Gasteiger partial charge in [0, 0.05) is 34.7 Å². The van der Waals surface area contributed by atoms with E-state index in [-0.39, 0.29) is 5.78 Å². The Labute approximate surface area is 167 Å². The Balaban J connectivity index is 1.44. The largest absolute Gasteiger partial charge is 0.385 e. The predicted molar refractivity (Wildman–Crippen MR) is 116 cm³/mol. The molecule has 0 bridgehead atoms. The molecule has 0 heterocycles. The van der Waals surface area contributed by atoms with Crippen LogP contribution in [0.2, 0.25) is 0 Å². The van der Waals surface area contributed by atoms with Gasteiger partial charge in [-0.05, 0) is 55.9 Å². The van der Waals surface area contributed by atoms with E-state index in [4.69, 9.17) is 0 Å². The highest BCUT2D eigenvalue weighted by molar-refractivity contribution is 7.98. The second-order valence-corrected chi connectivity index (χ2v) is 9.07. The molecule has 0 atom stereocenters. The molecule has 0 unspecified atom stereocenters. The smallest absolute Gasteiger partial charge is 0.193 e. The quantitative estimate of drug-likeness (QED) is 0.465. The molecule has 2 N–H and O–H groups in total. The molecule has 1 fully saturated rings. The van der Waals surface area contributed by atoms with E-state index in [0.29, 0.717) is 11.3 Å². The van der Waals surface area contributed by atoms with Crippen molar-refractivity contribution in [2.45, 2.75) is 50.8 Å². The fourth-order valence-electron chi connectivity index (χ4n) is 3.47. The summed E-state index contributed by atoms with van der Waals surface area (Å²) < 4.78 is 3.61. The standard InChI is InChI=1S/C23H30N2OS/c1-17(2)27-25-22-12-8-18(9-13-22)16-24-21-14-10-20(11-15-21)23(26)19-6-4-3-5-7-19/h3-7,10-11,14-15,17-18,22,24-25H,8-9,12-13,16H2,1-2H3. The van der Waals surface area contributed by atoms with Gasteiger partial charge in [-0.1, -0.05) is 56.1 Å². The van der Waals surface area contributed by atoms with Crippen molar-refractivity contribution in [2.24, 2.45) is 5.92 Å². The first-order chi connectivity index (χ1) is 13.1. The molecule has 2 aromatic carbocycles. The number of carbonyl (C=O) groups is 1. The van der Waals surface area contributed by atoms with Crippen molar-refractivity contribution in [3.8, 4) is 0 Å². The Morgan fingerprint density at radius 2 is 1.59 bits per heavy atom.